The zero-order chi connectivity index (χ0) is 13.9. The fraction of sp³-hybridized carbons (Fsp3) is 1.00. The molecule has 2 fully saturated rings. The van der Waals surface area contributed by atoms with Gasteiger partial charge >= 0.3 is 8.80 Å². The third kappa shape index (κ3) is 3.21. The molecule has 1 aliphatic carbocycles. The van der Waals surface area contributed by atoms with Gasteiger partial charge in [-0.25, -0.2) is 0 Å². The molecule has 0 bridgehead atoms. The molecule has 2 aliphatic rings. The van der Waals surface area contributed by atoms with E-state index in [0.717, 1.165) is 12.5 Å². The number of piperidine rings is 1. The van der Waals surface area contributed by atoms with Crippen LogP contribution in [0, 0.1) is 11.8 Å². The van der Waals surface area contributed by atoms with Crippen molar-refractivity contribution in [3.8, 4) is 0 Å². The third-order valence-corrected chi connectivity index (χ3v) is 7.96. The standard InChI is InChI=1S/C14H29NO3Si/c1-11(2)18-19(16-3,17-4)14-13-8-6-5-7-12(13)9-10-15-14/h11-15H,5-10H2,1-4H3. The lowest BCUT2D eigenvalue weighted by Gasteiger charge is -2.47. The number of hydrogen-bond donors (Lipinski definition) is 1. The lowest BCUT2D eigenvalue weighted by molar-refractivity contribution is 0.0299. The quantitative estimate of drug-likeness (QED) is 0.788. The average Bonchev–Trinajstić information content (AvgIpc) is 2.44. The predicted molar refractivity (Wildman–Crippen MR) is 77.8 cm³/mol. The van der Waals surface area contributed by atoms with Crippen LogP contribution in [-0.2, 0) is 13.3 Å². The Hall–Kier alpha value is 0.0569. The van der Waals surface area contributed by atoms with Crippen molar-refractivity contribution in [2.45, 2.75) is 57.7 Å². The molecule has 0 amide bonds. The van der Waals surface area contributed by atoms with E-state index < -0.39 is 8.80 Å². The van der Waals surface area contributed by atoms with E-state index >= 15 is 0 Å². The van der Waals surface area contributed by atoms with Crippen molar-refractivity contribution in [1.29, 1.82) is 0 Å². The van der Waals surface area contributed by atoms with Crippen LogP contribution in [0.3, 0.4) is 0 Å². The Balaban J connectivity index is 2.18. The van der Waals surface area contributed by atoms with E-state index in [1.54, 1.807) is 14.2 Å². The molecule has 5 heteroatoms. The monoisotopic (exact) mass is 287 g/mol. The molecule has 0 aromatic carbocycles. The SMILES string of the molecule is CO[Si](OC)(OC(C)C)C1NCCC2CCCCC21. The van der Waals surface area contributed by atoms with Crippen LogP contribution in [0.1, 0.15) is 46.0 Å². The molecule has 0 aromatic rings. The molecule has 3 atom stereocenters. The topological polar surface area (TPSA) is 39.7 Å². The molecule has 4 nitrogen and oxygen atoms in total. The summed E-state index contributed by atoms with van der Waals surface area (Å²) in [7, 11) is 0.860. The molecule has 0 spiro atoms. The smallest absolute Gasteiger partial charge is 0.376 e. The molecule has 0 aromatic heterocycles. The molecule has 112 valence electrons. The first kappa shape index (κ1) is 15.4. The Bertz CT molecular complexity index is 282. The van der Waals surface area contributed by atoms with Gasteiger partial charge in [0.05, 0.1) is 5.67 Å². The predicted octanol–water partition coefficient (Wildman–Crippen LogP) is 2.35. The van der Waals surface area contributed by atoms with Crippen molar-refractivity contribution in [3.63, 3.8) is 0 Å². The van der Waals surface area contributed by atoms with Crippen molar-refractivity contribution < 1.29 is 13.3 Å². The van der Waals surface area contributed by atoms with Crippen molar-refractivity contribution in [2.24, 2.45) is 11.8 Å². The lowest BCUT2D eigenvalue weighted by Crippen LogP contribution is -2.67. The van der Waals surface area contributed by atoms with Crippen LogP contribution in [0.15, 0.2) is 0 Å². The molecular weight excluding hydrogens is 258 g/mol. The van der Waals surface area contributed by atoms with Gasteiger partial charge in [0.25, 0.3) is 0 Å². The second kappa shape index (κ2) is 6.67. The van der Waals surface area contributed by atoms with Crippen molar-refractivity contribution in [2.75, 3.05) is 20.8 Å². The highest BCUT2D eigenvalue weighted by Gasteiger charge is 2.55. The van der Waals surface area contributed by atoms with Crippen LogP contribution in [0.25, 0.3) is 0 Å². The van der Waals surface area contributed by atoms with Gasteiger partial charge in [0.1, 0.15) is 0 Å². The van der Waals surface area contributed by atoms with Gasteiger partial charge in [0, 0.05) is 20.3 Å². The summed E-state index contributed by atoms with van der Waals surface area (Å²) in [6.07, 6.45) is 6.79. The van der Waals surface area contributed by atoms with Gasteiger partial charge in [0.2, 0.25) is 0 Å². The molecule has 1 N–H and O–H groups in total. The molecule has 1 saturated carbocycles. The minimum atomic E-state index is -2.63. The van der Waals surface area contributed by atoms with E-state index in [2.05, 4.69) is 19.2 Å². The summed E-state index contributed by atoms with van der Waals surface area (Å²) in [6, 6.07) is 0. The summed E-state index contributed by atoms with van der Waals surface area (Å²) in [4.78, 5) is 0. The van der Waals surface area contributed by atoms with E-state index in [-0.39, 0.29) is 11.8 Å². The second-order valence-electron chi connectivity index (χ2n) is 6.11. The molecule has 19 heavy (non-hydrogen) atoms. The maximum atomic E-state index is 6.16. The zero-order valence-corrected chi connectivity index (χ0v) is 13.8. The van der Waals surface area contributed by atoms with Gasteiger partial charge in [-0.05, 0) is 45.1 Å². The minimum absolute atomic E-state index is 0.136. The Morgan fingerprint density at radius 1 is 1.05 bits per heavy atom. The molecule has 0 radical (unpaired) electrons. The van der Waals surface area contributed by atoms with Crippen molar-refractivity contribution >= 4 is 8.80 Å². The van der Waals surface area contributed by atoms with Crippen molar-refractivity contribution in [3.05, 3.63) is 0 Å². The first-order valence-corrected chi connectivity index (χ1v) is 9.44. The van der Waals surface area contributed by atoms with Crippen LogP contribution in [-0.4, -0.2) is 41.3 Å². The van der Waals surface area contributed by atoms with Gasteiger partial charge in [-0.1, -0.05) is 19.3 Å². The summed E-state index contributed by atoms with van der Waals surface area (Å²) in [6.45, 7) is 5.18. The summed E-state index contributed by atoms with van der Waals surface area (Å²) in [5.74, 6) is 1.49. The van der Waals surface area contributed by atoms with Crippen LogP contribution in [0.2, 0.25) is 0 Å². The van der Waals surface area contributed by atoms with Crippen LogP contribution < -0.4 is 5.32 Å². The van der Waals surface area contributed by atoms with Gasteiger partial charge < -0.3 is 18.6 Å². The van der Waals surface area contributed by atoms with Gasteiger partial charge in [-0.15, -0.1) is 0 Å². The second-order valence-corrected chi connectivity index (χ2v) is 8.99. The molecule has 3 unspecified atom stereocenters. The van der Waals surface area contributed by atoms with Gasteiger partial charge in [-0.2, -0.15) is 0 Å². The number of rotatable bonds is 5. The highest BCUT2D eigenvalue weighted by molar-refractivity contribution is 6.62. The van der Waals surface area contributed by atoms with E-state index in [1.807, 2.05) is 0 Å². The Morgan fingerprint density at radius 2 is 1.74 bits per heavy atom. The average molecular weight is 287 g/mol. The Kier molecular flexibility index (Phi) is 5.43. The fourth-order valence-corrected chi connectivity index (χ4v) is 6.86. The number of fused-ring (bicyclic) bond motifs is 1. The van der Waals surface area contributed by atoms with E-state index in [0.29, 0.717) is 5.92 Å². The molecule has 1 heterocycles. The molecule has 1 saturated heterocycles. The number of nitrogens with one attached hydrogen (secondary N) is 1. The first-order chi connectivity index (χ1) is 9.13. The largest absolute Gasteiger partial charge is 0.518 e. The zero-order valence-electron chi connectivity index (χ0n) is 12.8. The molecule has 2 rings (SSSR count). The maximum Gasteiger partial charge on any atom is 0.518 e. The van der Waals surface area contributed by atoms with E-state index in [4.69, 9.17) is 13.3 Å². The fourth-order valence-electron chi connectivity index (χ4n) is 3.83. The summed E-state index contributed by atoms with van der Waals surface area (Å²) >= 11 is 0. The minimum Gasteiger partial charge on any atom is -0.376 e. The highest BCUT2D eigenvalue weighted by atomic mass is 28.4. The molecule has 1 aliphatic heterocycles. The maximum absolute atomic E-state index is 6.16. The van der Waals surface area contributed by atoms with Gasteiger partial charge in [-0.3, -0.25) is 0 Å². The Morgan fingerprint density at radius 3 is 2.37 bits per heavy atom. The lowest BCUT2D eigenvalue weighted by atomic mass is 9.75. The summed E-state index contributed by atoms with van der Waals surface area (Å²) in [5, 5.41) is 3.65. The van der Waals surface area contributed by atoms with Gasteiger partial charge in [0.15, 0.2) is 0 Å². The van der Waals surface area contributed by atoms with Crippen LogP contribution in [0.4, 0.5) is 0 Å². The molecular formula is C14H29NO3Si. The summed E-state index contributed by atoms with van der Waals surface area (Å²) < 4.78 is 17.8. The first-order valence-electron chi connectivity index (χ1n) is 7.64. The van der Waals surface area contributed by atoms with Crippen LogP contribution >= 0.6 is 0 Å². The summed E-state index contributed by atoms with van der Waals surface area (Å²) in [5.41, 5.74) is 0.268. The van der Waals surface area contributed by atoms with E-state index in [1.165, 1.54) is 32.1 Å². The number of hydrogen-bond acceptors (Lipinski definition) is 4. The Labute approximate surface area is 118 Å². The van der Waals surface area contributed by atoms with Crippen molar-refractivity contribution in [1.82, 2.24) is 5.32 Å². The normalized spacial score (nSPS) is 32.4. The highest BCUT2D eigenvalue weighted by Crippen LogP contribution is 2.40. The third-order valence-electron chi connectivity index (χ3n) is 4.63. The van der Waals surface area contributed by atoms with Crippen LogP contribution in [0.5, 0.6) is 0 Å². The van der Waals surface area contributed by atoms with E-state index in [9.17, 15) is 0 Å².